The fraction of sp³-hybridized carbons (Fsp3) is 0.250. The number of hydrogen-bond donors (Lipinski definition) is 1. The smallest absolute Gasteiger partial charge is 0.160 e. The SMILES string of the molecule is Nc1ccc(OCc2nc3cccnc3n2C2CC2)cc1. The molecule has 0 atom stereocenters. The summed E-state index contributed by atoms with van der Waals surface area (Å²) in [6.45, 7) is 0.441. The lowest BCUT2D eigenvalue weighted by molar-refractivity contribution is 0.290. The van der Waals surface area contributed by atoms with Crippen molar-refractivity contribution >= 4 is 16.9 Å². The van der Waals surface area contributed by atoms with E-state index in [1.54, 1.807) is 0 Å². The highest BCUT2D eigenvalue weighted by molar-refractivity contribution is 5.71. The Labute approximate surface area is 122 Å². The number of imidazole rings is 1. The molecule has 0 aliphatic heterocycles. The van der Waals surface area contributed by atoms with Crippen molar-refractivity contribution in [2.45, 2.75) is 25.5 Å². The van der Waals surface area contributed by atoms with Crippen molar-refractivity contribution in [3.05, 3.63) is 48.4 Å². The summed E-state index contributed by atoms with van der Waals surface area (Å²) in [5, 5.41) is 0. The van der Waals surface area contributed by atoms with Gasteiger partial charge < -0.3 is 15.0 Å². The van der Waals surface area contributed by atoms with E-state index in [1.165, 1.54) is 12.8 Å². The monoisotopic (exact) mass is 280 g/mol. The molecular weight excluding hydrogens is 264 g/mol. The second kappa shape index (κ2) is 4.77. The van der Waals surface area contributed by atoms with Gasteiger partial charge in [0.2, 0.25) is 0 Å². The van der Waals surface area contributed by atoms with Gasteiger partial charge in [-0.05, 0) is 49.2 Å². The topological polar surface area (TPSA) is 66.0 Å². The van der Waals surface area contributed by atoms with E-state index in [0.29, 0.717) is 12.6 Å². The minimum absolute atomic E-state index is 0.441. The van der Waals surface area contributed by atoms with Crippen molar-refractivity contribution in [3.8, 4) is 5.75 Å². The highest BCUT2D eigenvalue weighted by Crippen LogP contribution is 2.38. The largest absolute Gasteiger partial charge is 0.486 e. The van der Waals surface area contributed by atoms with Crippen LogP contribution in [-0.4, -0.2) is 14.5 Å². The van der Waals surface area contributed by atoms with Gasteiger partial charge in [0.05, 0.1) is 0 Å². The van der Waals surface area contributed by atoms with Crippen LogP contribution < -0.4 is 10.5 Å². The van der Waals surface area contributed by atoms with Crippen LogP contribution in [0.1, 0.15) is 24.7 Å². The maximum atomic E-state index is 5.83. The number of fused-ring (bicyclic) bond motifs is 1. The highest BCUT2D eigenvalue weighted by Gasteiger charge is 2.28. The predicted molar refractivity (Wildman–Crippen MR) is 81.0 cm³/mol. The fourth-order valence-electron chi connectivity index (χ4n) is 2.51. The van der Waals surface area contributed by atoms with Crippen LogP contribution in [0.15, 0.2) is 42.6 Å². The minimum Gasteiger partial charge on any atom is -0.486 e. The first-order chi connectivity index (χ1) is 10.3. The molecule has 5 nitrogen and oxygen atoms in total. The standard InChI is InChI=1S/C16H16N4O/c17-11-3-7-13(8-4-11)21-10-15-19-14-2-1-9-18-16(14)20(15)12-5-6-12/h1-4,7-9,12H,5-6,10,17H2. The van der Waals surface area contributed by atoms with Crippen LogP contribution in [0.2, 0.25) is 0 Å². The molecule has 2 aromatic heterocycles. The Bertz CT molecular complexity index is 775. The number of pyridine rings is 1. The first-order valence-corrected chi connectivity index (χ1v) is 7.11. The Hall–Kier alpha value is -2.56. The third-order valence-corrected chi connectivity index (χ3v) is 3.68. The molecule has 1 saturated carbocycles. The van der Waals surface area contributed by atoms with E-state index in [2.05, 4.69) is 14.5 Å². The van der Waals surface area contributed by atoms with Gasteiger partial charge in [-0.2, -0.15) is 0 Å². The van der Waals surface area contributed by atoms with E-state index in [-0.39, 0.29) is 0 Å². The third-order valence-electron chi connectivity index (χ3n) is 3.68. The lowest BCUT2D eigenvalue weighted by atomic mass is 10.3. The average molecular weight is 280 g/mol. The second-order valence-electron chi connectivity index (χ2n) is 5.33. The quantitative estimate of drug-likeness (QED) is 0.746. The molecule has 1 aromatic carbocycles. The number of nitrogens with zero attached hydrogens (tertiary/aromatic N) is 3. The van der Waals surface area contributed by atoms with E-state index in [0.717, 1.165) is 28.4 Å². The number of aromatic nitrogens is 3. The molecule has 2 heterocycles. The number of rotatable bonds is 4. The summed E-state index contributed by atoms with van der Waals surface area (Å²) in [4.78, 5) is 9.12. The van der Waals surface area contributed by atoms with Gasteiger partial charge in [-0.3, -0.25) is 0 Å². The van der Waals surface area contributed by atoms with Gasteiger partial charge in [0.15, 0.2) is 5.65 Å². The predicted octanol–water partition coefficient (Wildman–Crippen LogP) is 2.93. The lowest BCUT2D eigenvalue weighted by Gasteiger charge is -2.09. The first-order valence-electron chi connectivity index (χ1n) is 7.11. The van der Waals surface area contributed by atoms with Crippen molar-refractivity contribution in [1.82, 2.24) is 14.5 Å². The second-order valence-corrected chi connectivity index (χ2v) is 5.33. The van der Waals surface area contributed by atoms with Gasteiger partial charge in [0, 0.05) is 17.9 Å². The first kappa shape index (κ1) is 12.2. The zero-order valence-electron chi connectivity index (χ0n) is 11.6. The average Bonchev–Trinajstić information content (AvgIpc) is 3.27. The summed E-state index contributed by atoms with van der Waals surface area (Å²) in [5.74, 6) is 1.73. The molecule has 0 saturated heterocycles. The molecule has 0 spiro atoms. The summed E-state index contributed by atoms with van der Waals surface area (Å²) in [7, 11) is 0. The zero-order valence-corrected chi connectivity index (χ0v) is 11.6. The van der Waals surface area contributed by atoms with Gasteiger partial charge in [-0.1, -0.05) is 0 Å². The molecule has 0 bridgehead atoms. The van der Waals surface area contributed by atoms with Gasteiger partial charge in [-0.25, -0.2) is 9.97 Å². The summed E-state index contributed by atoms with van der Waals surface area (Å²) in [6, 6.07) is 11.8. The molecule has 21 heavy (non-hydrogen) atoms. The van der Waals surface area contributed by atoms with Crippen LogP contribution in [0.4, 0.5) is 5.69 Å². The van der Waals surface area contributed by atoms with Crippen LogP contribution in [-0.2, 0) is 6.61 Å². The molecule has 0 unspecified atom stereocenters. The normalized spacial score (nSPS) is 14.5. The van der Waals surface area contributed by atoms with Crippen LogP contribution in [0.5, 0.6) is 5.75 Å². The van der Waals surface area contributed by atoms with Gasteiger partial charge in [0.1, 0.15) is 23.7 Å². The lowest BCUT2D eigenvalue weighted by Crippen LogP contribution is -2.06. The molecule has 1 fully saturated rings. The maximum absolute atomic E-state index is 5.83. The van der Waals surface area contributed by atoms with Gasteiger partial charge in [0.25, 0.3) is 0 Å². The number of hydrogen-bond acceptors (Lipinski definition) is 4. The number of nitrogens with two attached hydrogens (primary N) is 1. The van der Waals surface area contributed by atoms with Crippen LogP contribution in [0.3, 0.4) is 0 Å². The van der Waals surface area contributed by atoms with Crippen LogP contribution >= 0.6 is 0 Å². The van der Waals surface area contributed by atoms with Crippen molar-refractivity contribution in [1.29, 1.82) is 0 Å². The van der Waals surface area contributed by atoms with E-state index in [1.807, 2.05) is 42.6 Å². The minimum atomic E-state index is 0.441. The molecule has 2 N–H and O–H groups in total. The van der Waals surface area contributed by atoms with E-state index >= 15 is 0 Å². The Morgan fingerprint density at radius 1 is 1.19 bits per heavy atom. The zero-order chi connectivity index (χ0) is 14.2. The number of benzene rings is 1. The molecular formula is C16H16N4O. The maximum Gasteiger partial charge on any atom is 0.160 e. The van der Waals surface area contributed by atoms with Crippen molar-refractivity contribution in [2.75, 3.05) is 5.73 Å². The Balaban J connectivity index is 1.63. The molecule has 4 rings (SSSR count). The van der Waals surface area contributed by atoms with Crippen molar-refractivity contribution in [2.24, 2.45) is 0 Å². The van der Waals surface area contributed by atoms with E-state index < -0.39 is 0 Å². The Morgan fingerprint density at radius 3 is 2.76 bits per heavy atom. The molecule has 1 aliphatic carbocycles. The van der Waals surface area contributed by atoms with E-state index in [9.17, 15) is 0 Å². The number of ether oxygens (including phenoxy) is 1. The molecule has 5 heteroatoms. The number of nitrogen functional groups attached to an aromatic ring is 1. The highest BCUT2D eigenvalue weighted by atomic mass is 16.5. The Morgan fingerprint density at radius 2 is 2.00 bits per heavy atom. The molecule has 1 aliphatic rings. The van der Waals surface area contributed by atoms with Crippen molar-refractivity contribution in [3.63, 3.8) is 0 Å². The summed E-state index contributed by atoms with van der Waals surface area (Å²) in [6.07, 6.45) is 4.20. The molecule has 106 valence electrons. The summed E-state index contributed by atoms with van der Waals surface area (Å²) >= 11 is 0. The fourth-order valence-corrected chi connectivity index (χ4v) is 2.51. The summed E-state index contributed by atoms with van der Waals surface area (Å²) < 4.78 is 8.04. The van der Waals surface area contributed by atoms with Crippen LogP contribution in [0, 0.1) is 0 Å². The third kappa shape index (κ3) is 2.31. The molecule has 0 radical (unpaired) electrons. The van der Waals surface area contributed by atoms with Gasteiger partial charge in [-0.15, -0.1) is 0 Å². The van der Waals surface area contributed by atoms with Gasteiger partial charge >= 0.3 is 0 Å². The van der Waals surface area contributed by atoms with E-state index in [4.69, 9.17) is 10.5 Å². The number of anilines is 1. The van der Waals surface area contributed by atoms with Crippen LogP contribution in [0.25, 0.3) is 11.2 Å². The van der Waals surface area contributed by atoms with Crippen molar-refractivity contribution < 1.29 is 4.74 Å². The molecule has 0 amide bonds. The molecule has 3 aromatic rings. The Kier molecular flexibility index (Phi) is 2.77. The summed E-state index contributed by atoms with van der Waals surface area (Å²) in [5.41, 5.74) is 8.30.